The molecule has 0 bridgehead atoms. The van der Waals surface area contributed by atoms with Crippen molar-refractivity contribution in [2.75, 3.05) is 11.9 Å². The van der Waals surface area contributed by atoms with Gasteiger partial charge in [0.05, 0.1) is 16.4 Å². The molecule has 0 radical (unpaired) electrons. The number of benzene rings is 2. The maximum absolute atomic E-state index is 14.4. The summed E-state index contributed by atoms with van der Waals surface area (Å²) >= 11 is 1.16. The number of nitrogens with one attached hydrogen (secondary N) is 2. The first-order valence-electron chi connectivity index (χ1n) is 12.5. The largest absolute Gasteiger partial charge is 0.340 e. The minimum absolute atomic E-state index is 0.0380. The topological polar surface area (TPSA) is 102 Å². The maximum Gasteiger partial charge on any atom is 0.262 e. The summed E-state index contributed by atoms with van der Waals surface area (Å²) in [6.45, 7) is 1.59. The predicted molar refractivity (Wildman–Crippen MR) is 138 cm³/mol. The van der Waals surface area contributed by atoms with E-state index in [2.05, 4.69) is 16.7 Å². The summed E-state index contributed by atoms with van der Waals surface area (Å²) in [5.41, 5.74) is 0.178. The molecule has 1 aromatic heterocycles. The Morgan fingerprint density at radius 1 is 1.29 bits per heavy atom. The third-order valence-electron chi connectivity index (χ3n) is 7.95. The predicted octanol–water partition coefficient (Wildman–Crippen LogP) is 4.40. The van der Waals surface area contributed by atoms with Crippen LogP contribution in [0.25, 0.3) is 10.1 Å². The van der Waals surface area contributed by atoms with Gasteiger partial charge in [-0.3, -0.25) is 14.4 Å². The lowest BCUT2D eigenvalue weighted by Gasteiger charge is -2.27. The van der Waals surface area contributed by atoms with Crippen LogP contribution in [-0.4, -0.2) is 41.2 Å². The second-order valence-corrected chi connectivity index (χ2v) is 11.5. The summed E-state index contributed by atoms with van der Waals surface area (Å²) < 4.78 is 29.2. The minimum atomic E-state index is -1.23. The van der Waals surface area contributed by atoms with Crippen molar-refractivity contribution in [2.24, 2.45) is 5.92 Å². The van der Waals surface area contributed by atoms with Gasteiger partial charge in [0, 0.05) is 28.7 Å². The second-order valence-electron chi connectivity index (χ2n) is 10.4. The number of fused-ring (bicyclic) bond motifs is 3. The van der Waals surface area contributed by atoms with Crippen molar-refractivity contribution in [2.45, 2.75) is 50.1 Å². The molecule has 1 aliphatic carbocycles. The van der Waals surface area contributed by atoms with Gasteiger partial charge in [0.25, 0.3) is 5.91 Å². The molecule has 1 spiro atoms. The third-order valence-corrected chi connectivity index (χ3v) is 9.20. The lowest BCUT2D eigenvalue weighted by atomic mass is 9.79. The summed E-state index contributed by atoms with van der Waals surface area (Å²) in [4.78, 5) is 42.0. The van der Waals surface area contributed by atoms with Crippen molar-refractivity contribution in [3.05, 3.63) is 64.0 Å². The van der Waals surface area contributed by atoms with Crippen LogP contribution < -0.4 is 10.6 Å². The van der Waals surface area contributed by atoms with Gasteiger partial charge >= 0.3 is 0 Å². The van der Waals surface area contributed by atoms with Crippen molar-refractivity contribution >= 4 is 44.8 Å². The summed E-state index contributed by atoms with van der Waals surface area (Å²) in [5.74, 6) is -1.95. The highest BCUT2D eigenvalue weighted by atomic mass is 32.1. The molecular weight excluding hydrogens is 510 g/mol. The van der Waals surface area contributed by atoms with E-state index < -0.39 is 40.9 Å². The molecule has 2 fully saturated rings. The Hall–Kier alpha value is -3.84. The number of aryl methyl sites for hydroxylation is 1. The van der Waals surface area contributed by atoms with Crippen molar-refractivity contribution in [3.63, 3.8) is 0 Å². The Kier molecular flexibility index (Phi) is 5.72. The van der Waals surface area contributed by atoms with Gasteiger partial charge in [0.2, 0.25) is 11.8 Å². The van der Waals surface area contributed by atoms with Crippen LogP contribution in [0.1, 0.15) is 46.5 Å². The van der Waals surface area contributed by atoms with Crippen LogP contribution >= 0.6 is 11.3 Å². The van der Waals surface area contributed by atoms with Gasteiger partial charge in [0.1, 0.15) is 23.7 Å². The average Bonchev–Trinajstić information content (AvgIpc) is 3.43. The van der Waals surface area contributed by atoms with Crippen LogP contribution in [-0.2, 0) is 15.0 Å². The van der Waals surface area contributed by atoms with Crippen molar-refractivity contribution in [1.29, 1.82) is 5.26 Å². The Balaban J connectivity index is 1.30. The number of hydrogen-bond donors (Lipinski definition) is 2. The number of carbonyl (C=O) groups is 3. The first-order valence-corrected chi connectivity index (χ1v) is 13.3. The van der Waals surface area contributed by atoms with Gasteiger partial charge in [-0.1, -0.05) is 18.9 Å². The van der Waals surface area contributed by atoms with E-state index in [4.69, 9.17) is 0 Å². The smallest absolute Gasteiger partial charge is 0.262 e. The van der Waals surface area contributed by atoms with E-state index in [0.717, 1.165) is 24.2 Å². The molecule has 38 heavy (non-hydrogen) atoms. The highest BCUT2D eigenvalue weighted by Gasteiger charge is 2.56. The molecule has 6 rings (SSSR count). The van der Waals surface area contributed by atoms with Gasteiger partial charge in [-0.15, -0.1) is 11.3 Å². The molecular formula is C28H24F2N4O3S. The van der Waals surface area contributed by atoms with E-state index >= 15 is 0 Å². The molecule has 1 saturated heterocycles. The van der Waals surface area contributed by atoms with Crippen LogP contribution in [0.2, 0.25) is 0 Å². The fourth-order valence-electron chi connectivity index (χ4n) is 5.80. The number of halogens is 2. The molecule has 0 unspecified atom stereocenters. The summed E-state index contributed by atoms with van der Waals surface area (Å²) in [7, 11) is 0. The van der Waals surface area contributed by atoms with Gasteiger partial charge in [-0.2, -0.15) is 5.26 Å². The molecule has 2 aliphatic heterocycles. The number of rotatable bonds is 5. The maximum atomic E-state index is 14.4. The average molecular weight is 535 g/mol. The van der Waals surface area contributed by atoms with E-state index in [1.54, 1.807) is 19.1 Å². The fraction of sp³-hybridized carbons (Fsp3) is 0.357. The monoisotopic (exact) mass is 534 g/mol. The third kappa shape index (κ3) is 3.84. The molecule has 3 amide bonds. The number of amides is 3. The number of nitriles is 1. The van der Waals surface area contributed by atoms with Crippen LogP contribution in [0.3, 0.4) is 0 Å². The zero-order valence-electron chi connectivity index (χ0n) is 20.5. The summed E-state index contributed by atoms with van der Waals surface area (Å²) in [5, 5.41) is 15.9. The van der Waals surface area contributed by atoms with Crippen LogP contribution in [0.15, 0.2) is 36.4 Å². The Bertz CT molecular complexity index is 1560. The molecule has 3 aliphatic rings. The fourth-order valence-corrected chi connectivity index (χ4v) is 6.93. The number of likely N-dealkylation sites (tertiary alicyclic amines) is 1. The van der Waals surface area contributed by atoms with E-state index in [0.29, 0.717) is 38.2 Å². The first kappa shape index (κ1) is 24.5. The molecule has 3 aromatic rings. The van der Waals surface area contributed by atoms with E-state index in [1.807, 2.05) is 0 Å². The lowest BCUT2D eigenvalue weighted by molar-refractivity contribution is -0.133. The molecule has 3 atom stereocenters. The Morgan fingerprint density at radius 2 is 2.08 bits per heavy atom. The number of hydrogen-bond acceptors (Lipinski definition) is 5. The quantitative estimate of drug-likeness (QED) is 0.507. The van der Waals surface area contributed by atoms with Crippen LogP contribution in [0.4, 0.5) is 14.5 Å². The molecule has 194 valence electrons. The SMILES string of the molecule is Cc1c(C(=O)N[C@@H](CC2CC2)C(=O)N2C[C@]3(C[C@H]2C#N)C(=O)Nc2ccc(F)cc23)sc2cccc(F)c12. The number of carbonyl (C=O) groups excluding carboxylic acids is 3. The molecule has 7 nitrogen and oxygen atoms in total. The second kappa shape index (κ2) is 8.88. The number of nitrogens with zero attached hydrogens (tertiary/aromatic N) is 2. The zero-order valence-corrected chi connectivity index (χ0v) is 21.3. The summed E-state index contributed by atoms with van der Waals surface area (Å²) in [6.07, 6.45) is 2.32. The molecule has 3 heterocycles. The molecule has 10 heteroatoms. The van der Waals surface area contributed by atoms with Gasteiger partial charge in [0.15, 0.2) is 0 Å². The summed E-state index contributed by atoms with van der Waals surface area (Å²) in [6, 6.07) is 9.00. The van der Waals surface area contributed by atoms with Crippen molar-refractivity contribution < 1.29 is 23.2 Å². The van der Waals surface area contributed by atoms with Gasteiger partial charge < -0.3 is 15.5 Å². The molecule has 2 N–H and O–H groups in total. The first-order chi connectivity index (χ1) is 18.2. The number of anilines is 1. The Labute approximate surface area is 221 Å². The molecule has 2 aromatic carbocycles. The standard InChI is InChI=1S/C28H24F2N4O3S/c1-14-23-19(30)3-2-4-22(23)38-24(14)25(35)32-21(9-15-5-6-15)26(36)34-13-28(11-17(34)12-31)18-10-16(29)7-8-20(18)33-27(28)37/h2-4,7-8,10,15,17,21H,5-6,9,11,13H2,1H3,(H,32,35)(H,33,37)/t17-,21-,28-/m0/s1. The van der Waals surface area contributed by atoms with Gasteiger partial charge in [-0.25, -0.2) is 8.78 Å². The highest BCUT2D eigenvalue weighted by molar-refractivity contribution is 7.21. The Morgan fingerprint density at radius 3 is 2.79 bits per heavy atom. The van der Waals surface area contributed by atoms with Crippen molar-refractivity contribution in [1.82, 2.24) is 10.2 Å². The highest BCUT2D eigenvalue weighted by Crippen LogP contribution is 2.47. The molecule has 1 saturated carbocycles. The van der Waals surface area contributed by atoms with Crippen LogP contribution in [0, 0.1) is 35.8 Å². The van der Waals surface area contributed by atoms with Crippen molar-refractivity contribution in [3.8, 4) is 6.07 Å². The zero-order chi connectivity index (χ0) is 26.8. The normalized spacial score (nSPS) is 22.8. The van der Waals surface area contributed by atoms with E-state index in [9.17, 15) is 28.4 Å². The van der Waals surface area contributed by atoms with E-state index in [-0.39, 0.29) is 24.8 Å². The lowest BCUT2D eigenvalue weighted by Crippen LogP contribution is -2.51. The number of thiophene rings is 1. The van der Waals surface area contributed by atoms with Gasteiger partial charge in [-0.05, 0) is 60.7 Å². The van der Waals surface area contributed by atoms with E-state index in [1.165, 1.54) is 29.2 Å². The van der Waals surface area contributed by atoms with Crippen LogP contribution in [0.5, 0.6) is 0 Å². The minimum Gasteiger partial charge on any atom is -0.340 e.